The summed E-state index contributed by atoms with van der Waals surface area (Å²) >= 11 is 0. The molecule has 0 aromatic rings. The monoisotopic (exact) mass is 242 g/mol. The molecule has 1 atom stereocenters. The van der Waals surface area contributed by atoms with Gasteiger partial charge in [-0.3, -0.25) is 4.79 Å². The molecule has 1 amide bonds. The van der Waals surface area contributed by atoms with E-state index in [1.165, 1.54) is 0 Å². The lowest BCUT2D eigenvalue weighted by molar-refractivity contribution is -0.132. The Morgan fingerprint density at radius 2 is 1.82 bits per heavy atom. The highest BCUT2D eigenvalue weighted by molar-refractivity contribution is 5.81. The Kier molecular flexibility index (Phi) is 4.95. The molecule has 0 aromatic heterocycles. The van der Waals surface area contributed by atoms with Crippen molar-refractivity contribution in [1.82, 2.24) is 10.2 Å². The second-order valence-corrected chi connectivity index (χ2v) is 5.56. The first-order chi connectivity index (χ1) is 7.88. The lowest BCUT2D eigenvalue weighted by Gasteiger charge is -2.41. The highest BCUT2D eigenvalue weighted by Gasteiger charge is 2.33. The predicted octanol–water partition coefficient (Wildman–Crippen LogP) is 1.40. The molecular weight excluding hydrogens is 216 g/mol. The van der Waals surface area contributed by atoms with Crippen LogP contribution in [0.3, 0.4) is 0 Å². The number of carbonyl (C=O) groups excluding carboxylic acids is 1. The number of ether oxygens (including phenoxy) is 1. The fourth-order valence-corrected chi connectivity index (χ4v) is 2.17. The lowest BCUT2D eigenvalue weighted by Crippen LogP contribution is -2.56. The second-order valence-electron chi connectivity index (χ2n) is 5.56. The molecule has 0 radical (unpaired) electrons. The van der Waals surface area contributed by atoms with Gasteiger partial charge in [0, 0.05) is 31.8 Å². The molecule has 1 aliphatic heterocycles. The molecule has 1 aliphatic rings. The summed E-state index contributed by atoms with van der Waals surface area (Å²) in [6, 6.07) is 0.591. The van der Waals surface area contributed by atoms with E-state index in [4.69, 9.17) is 4.74 Å². The first kappa shape index (κ1) is 14.5. The average Bonchev–Trinajstić information content (AvgIpc) is 2.27. The van der Waals surface area contributed by atoms with Gasteiger partial charge in [0.25, 0.3) is 0 Å². The van der Waals surface area contributed by atoms with Crippen molar-refractivity contribution in [3.05, 3.63) is 0 Å². The highest BCUT2D eigenvalue weighted by Crippen LogP contribution is 2.23. The molecule has 1 rings (SSSR count). The van der Waals surface area contributed by atoms with Crippen LogP contribution in [0.4, 0.5) is 0 Å². The van der Waals surface area contributed by atoms with Crippen molar-refractivity contribution in [3.8, 4) is 0 Å². The van der Waals surface area contributed by atoms with Gasteiger partial charge in [0.1, 0.15) is 6.10 Å². The van der Waals surface area contributed by atoms with Gasteiger partial charge in [-0.1, -0.05) is 0 Å². The van der Waals surface area contributed by atoms with Gasteiger partial charge in [0.15, 0.2) is 0 Å². The van der Waals surface area contributed by atoms with Gasteiger partial charge >= 0.3 is 0 Å². The number of methoxy groups -OCH3 is 1. The molecule has 1 N–H and O–H groups in total. The van der Waals surface area contributed by atoms with Crippen molar-refractivity contribution in [2.75, 3.05) is 20.2 Å². The van der Waals surface area contributed by atoms with Crippen LogP contribution in [0.15, 0.2) is 0 Å². The molecule has 1 fully saturated rings. The molecule has 0 spiro atoms. The van der Waals surface area contributed by atoms with Crippen LogP contribution in [-0.4, -0.2) is 48.7 Å². The Labute approximate surface area is 105 Å². The number of nitrogens with one attached hydrogen (secondary N) is 1. The van der Waals surface area contributed by atoms with Crippen LogP contribution in [-0.2, 0) is 9.53 Å². The van der Waals surface area contributed by atoms with Gasteiger partial charge in [0.2, 0.25) is 5.91 Å². The van der Waals surface area contributed by atoms with Crippen molar-refractivity contribution in [3.63, 3.8) is 0 Å². The minimum Gasteiger partial charge on any atom is -0.372 e. The molecule has 1 heterocycles. The van der Waals surface area contributed by atoms with Crippen LogP contribution < -0.4 is 5.32 Å². The fourth-order valence-electron chi connectivity index (χ4n) is 2.17. The summed E-state index contributed by atoms with van der Waals surface area (Å²) in [4.78, 5) is 14.3. The topological polar surface area (TPSA) is 41.6 Å². The number of hydrogen-bond acceptors (Lipinski definition) is 3. The Bertz CT molecular complexity index is 258. The molecular formula is C13H26N2O2. The number of piperidine rings is 1. The van der Waals surface area contributed by atoms with E-state index in [9.17, 15) is 4.79 Å². The van der Waals surface area contributed by atoms with E-state index in [-0.39, 0.29) is 17.6 Å². The fraction of sp³-hybridized carbons (Fsp3) is 0.923. The number of likely N-dealkylation sites (tertiary alicyclic amines) is 1. The molecule has 4 heteroatoms. The maximum absolute atomic E-state index is 11.8. The van der Waals surface area contributed by atoms with E-state index in [1.807, 2.05) is 0 Å². The predicted molar refractivity (Wildman–Crippen MR) is 69.0 cm³/mol. The van der Waals surface area contributed by atoms with Crippen molar-refractivity contribution in [1.29, 1.82) is 0 Å². The Morgan fingerprint density at radius 1 is 1.29 bits per heavy atom. The Morgan fingerprint density at radius 3 is 2.24 bits per heavy atom. The molecule has 0 aromatic carbocycles. The zero-order valence-electron chi connectivity index (χ0n) is 11.7. The zero-order chi connectivity index (χ0) is 13.1. The molecule has 0 bridgehead atoms. The first-order valence-electron chi connectivity index (χ1n) is 6.47. The molecule has 1 unspecified atom stereocenters. The Balaban J connectivity index is 2.47. The van der Waals surface area contributed by atoms with Gasteiger partial charge in [-0.15, -0.1) is 0 Å². The third-order valence-electron chi connectivity index (χ3n) is 3.78. The third-order valence-corrected chi connectivity index (χ3v) is 3.78. The van der Waals surface area contributed by atoms with Crippen molar-refractivity contribution < 1.29 is 9.53 Å². The van der Waals surface area contributed by atoms with Crippen molar-refractivity contribution in [2.45, 2.75) is 58.2 Å². The minimum absolute atomic E-state index is 0.00648. The quantitative estimate of drug-likeness (QED) is 0.810. The van der Waals surface area contributed by atoms with Gasteiger partial charge in [-0.2, -0.15) is 0 Å². The lowest BCUT2D eigenvalue weighted by atomic mass is 9.89. The van der Waals surface area contributed by atoms with E-state index < -0.39 is 0 Å². The van der Waals surface area contributed by atoms with Crippen LogP contribution in [0.1, 0.15) is 40.5 Å². The molecule has 17 heavy (non-hydrogen) atoms. The molecule has 100 valence electrons. The third kappa shape index (κ3) is 3.96. The number of hydrogen-bond donors (Lipinski definition) is 1. The van der Waals surface area contributed by atoms with E-state index in [0.29, 0.717) is 6.04 Å². The van der Waals surface area contributed by atoms with E-state index >= 15 is 0 Å². The summed E-state index contributed by atoms with van der Waals surface area (Å²) in [7, 11) is 1.56. The van der Waals surface area contributed by atoms with Gasteiger partial charge in [-0.25, -0.2) is 0 Å². The van der Waals surface area contributed by atoms with E-state index in [0.717, 1.165) is 25.9 Å². The molecule has 0 saturated carbocycles. The summed E-state index contributed by atoms with van der Waals surface area (Å²) in [5.41, 5.74) is -0.0741. The number of carbonyl (C=O) groups is 1. The second kappa shape index (κ2) is 5.83. The van der Waals surface area contributed by atoms with Crippen LogP contribution in [0.5, 0.6) is 0 Å². The normalized spacial score (nSPS) is 22.5. The standard InChI is InChI=1S/C13H26N2O2/c1-10(2)15-8-6-13(4,7-9-15)14-12(16)11(3)17-5/h10-11H,6-9H2,1-5H3,(H,14,16). The minimum atomic E-state index is -0.366. The van der Waals surface area contributed by atoms with Crippen LogP contribution in [0, 0.1) is 0 Å². The van der Waals surface area contributed by atoms with Crippen molar-refractivity contribution in [2.24, 2.45) is 0 Å². The number of amides is 1. The maximum Gasteiger partial charge on any atom is 0.249 e. The van der Waals surface area contributed by atoms with E-state index in [2.05, 4.69) is 31.0 Å². The molecule has 1 saturated heterocycles. The average molecular weight is 242 g/mol. The number of rotatable bonds is 4. The van der Waals surface area contributed by atoms with Crippen LogP contribution in [0.25, 0.3) is 0 Å². The summed E-state index contributed by atoms with van der Waals surface area (Å²) < 4.78 is 5.04. The smallest absolute Gasteiger partial charge is 0.249 e. The summed E-state index contributed by atoms with van der Waals surface area (Å²) in [5, 5.41) is 3.11. The van der Waals surface area contributed by atoms with Gasteiger partial charge < -0.3 is 15.0 Å². The summed E-state index contributed by atoms with van der Waals surface area (Å²) in [6.07, 6.45) is 1.65. The SMILES string of the molecule is COC(C)C(=O)NC1(C)CCN(C(C)C)CC1. The van der Waals surface area contributed by atoms with Crippen molar-refractivity contribution >= 4 is 5.91 Å². The summed E-state index contributed by atoms with van der Waals surface area (Å²) in [6.45, 7) is 10.4. The Hall–Kier alpha value is -0.610. The highest BCUT2D eigenvalue weighted by atomic mass is 16.5. The van der Waals surface area contributed by atoms with Gasteiger partial charge in [0.05, 0.1) is 0 Å². The van der Waals surface area contributed by atoms with Gasteiger partial charge in [-0.05, 0) is 40.5 Å². The maximum atomic E-state index is 11.8. The molecule has 4 nitrogen and oxygen atoms in total. The largest absolute Gasteiger partial charge is 0.372 e. The van der Waals surface area contributed by atoms with Crippen LogP contribution in [0.2, 0.25) is 0 Å². The molecule has 0 aliphatic carbocycles. The van der Waals surface area contributed by atoms with E-state index in [1.54, 1.807) is 14.0 Å². The van der Waals surface area contributed by atoms with Crippen LogP contribution >= 0.6 is 0 Å². The zero-order valence-corrected chi connectivity index (χ0v) is 11.7. The first-order valence-corrected chi connectivity index (χ1v) is 6.47. The summed E-state index contributed by atoms with van der Waals surface area (Å²) in [5.74, 6) is -0.00648. The number of nitrogens with zero attached hydrogens (tertiary/aromatic N) is 1.